The summed E-state index contributed by atoms with van der Waals surface area (Å²) in [5, 5.41) is 7.41. The molecule has 6 nitrogen and oxygen atoms in total. The first-order valence-corrected chi connectivity index (χ1v) is 10.5. The minimum absolute atomic E-state index is 0.00353. The van der Waals surface area contributed by atoms with Gasteiger partial charge in [0.1, 0.15) is 0 Å². The second-order valence-corrected chi connectivity index (χ2v) is 8.25. The van der Waals surface area contributed by atoms with Gasteiger partial charge in [-0.05, 0) is 55.5 Å². The first-order valence-electron chi connectivity index (χ1n) is 10.5. The van der Waals surface area contributed by atoms with E-state index in [-0.39, 0.29) is 6.03 Å². The van der Waals surface area contributed by atoms with E-state index in [1.165, 1.54) is 38.6 Å². The summed E-state index contributed by atoms with van der Waals surface area (Å²) in [7, 11) is 1.86. The summed E-state index contributed by atoms with van der Waals surface area (Å²) in [6.07, 6.45) is 10.4. The molecule has 150 valence electrons. The van der Waals surface area contributed by atoms with E-state index < -0.39 is 0 Å². The maximum Gasteiger partial charge on any atom is 0.317 e. The van der Waals surface area contributed by atoms with Crippen LogP contribution in [0.15, 0.2) is 42.7 Å². The van der Waals surface area contributed by atoms with Gasteiger partial charge in [-0.25, -0.2) is 9.48 Å². The maximum atomic E-state index is 12.5. The van der Waals surface area contributed by atoms with Gasteiger partial charge >= 0.3 is 6.03 Å². The van der Waals surface area contributed by atoms with Gasteiger partial charge in [0.25, 0.3) is 0 Å². The number of likely N-dealkylation sites (tertiary alicyclic amines) is 1. The van der Waals surface area contributed by atoms with Gasteiger partial charge in [-0.1, -0.05) is 25.0 Å². The lowest BCUT2D eigenvalue weighted by Gasteiger charge is -2.24. The van der Waals surface area contributed by atoms with Crippen molar-refractivity contribution in [2.75, 3.05) is 26.7 Å². The summed E-state index contributed by atoms with van der Waals surface area (Å²) in [5.41, 5.74) is 2.10. The third-order valence-corrected chi connectivity index (χ3v) is 6.15. The Balaban J connectivity index is 1.24. The number of aromatic nitrogens is 2. The first kappa shape index (κ1) is 19.0. The van der Waals surface area contributed by atoms with E-state index in [1.807, 2.05) is 42.2 Å². The Morgan fingerprint density at radius 2 is 2.11 bits per heavy atom. The third-order valence-electron chi connectivity index (χ3n) is 6.15. The molecule has 0 bridgehead atoms. The predicted molar refractivity (Wildman–Crippen MR) is 110 cm³/mol. The van der Waals surface area contributed by atoms with Crippen LogP contribution in [0, 0.1) is 5.92 Å². The summed E-state index contributed by atoms with van der Waals surface area (Å²) in [6.45, 7) is 3.70. The highest BCUT2D eigenvalue weighted by atomic mass is 16.2. The Morgan fingerprint density at radius 1 is 1.25 bits per heavy atom. The number of hydrogen-bond acceptors (Lipinski definition) is 3. The van der Waals surface area contributed by atoms with Crippen molar-refractivity contribution in [1.82, 2.24) is 24.9 Å². The van der Waals surface area contributed by atoms with E-state index in [1.54, 1.807) is 11.1 Å². The van der Waals surface area contributed by atoms with Crippen LogP contribution < -0.4 is 5.32 Å². The van der Waals surface area contributed by atoms with Crippen LogP contribution in [0.3, 0.4) is 0 Å². The van der Waals surface area contributed by atoms with Gasteiger partial charge in [-0.3, -0.25) is 0 Å². The highest BCUT2D eigenvalue weighted by Crippen LogP contribution is 2.28. The average Bonchev–Trinajstić information content (AvgIpc) is 3.48. The highest BCUT2D eigenvalue weighted by Gasteiger charge is 2.30. The third kappa shape index (κ3) is 4.55. The largest absolute Gasteiger partial charge is 0.338 e. The van der Waals surface area contributed by atoms with Crippen LogP contribution >= 0.6 is 0 Å². The molecule has 2 fully saturated rings. The fourth-order valence-electron chi connectivity index (χ4n) is 4.56. The number of urea groups is 1. The molecule has 1 aliphatic heterocycles. The normalized spacial score (nSPS) is 20.5. The van der Waals surface area contributed by atoms with Crippen molar-refractivity contribution < 1.29 is 4.79 Å². The van der Waals surface area contributed by atoms with Crippen molar-refractivity contribution in [3.05, 3.63) is 48.3 Å². The molecule has 0 radical (unpaired) electrons. The van der Waals surface area contributed by atoms with E-state index >= 15 is 0 Å². The first-order chi connectivity index (χ1) is 13.7. The van der Waals surface area contributed by atoms with Crippen molar-refractivity contribution in [3.63, 3.8) is 0 Å². The van der Waals surface area contributed by atoms with Gasteiger partial charge in [0.15, 0.2) is 0 Å². The quantitative estimate of drug-likeness (QED) is 0.835. The predicted octanol–water partition coefficient (Wildman–Crippen LogP) is 3.28. The zero-order valence-electron chi connectivity index (χ0n) is 16.8. The van der Waals surface area contributed by atoms with Gasteiger partial charge in [0.05, 0.1) is 5.69 Å². The van der Waals surface area contributed by atoms with Gasteiger partial charge in [-0.2, -0.15) is 5.10 Å². The molecule has 28 heavy (non-hydrogen) atoms. The van der Waals surface area contributed by atoms with Gasteiger partial charge < -0.3 is 15.1 Å². The van der Waals surface area contributed by atoms with Gasteiger partial charge in [0.2, 0.25) is 0 Å². The molecule has 6 heteroatoms. The Labute approximate surface area is 167 Å². The minimum atomic E-state index is 0.00353. The lowest BCUT2D eigenvalue weighted by Crippen LogP contribution is -2.40. The Hall–Kier alpha value is -2.34. The fraction of sp³-hybridized carbons (Fsp3) is 0.545. The number of hydrogen-bond donors (Lipinski definition) is 1. The van der Waals surface area contributed by atoms with E-state index in [0.717, 1.165) is 30.4 Å². The number of amides is 2. The second kappa shape index (κ2) is 8.78. The number of benzene rings is 1. The van der Waals surface area contributed by atoms with E-state index in [2.05, 4.69) is 21.4 Å². The van der Waals surface area contributed by atoms with E-state index in [9.17, 15) is 4.79 Å². The monoisotopic (exact) mass is 381 g/mol. The van der Waals surface area contributed by atoms with Crippen LogP contribution in [0.2, 0.25) is 0 Å². The molecule has 2 heterocycles. The Bertz CT molecular complexity index is 769. The smallest absolute Gasteiger partial charge is 0.317 e. The van der Waals surface area contributed by atoms with Crippen LogP contribution in [0.4, 0.5) is 4.79 Å². The maximum absolute atomic E-state index is 12.5. The summed E-state index contributed by atoms with van der Waals surface area (Å²) < 4.78 is 1.83. The molecule has 1 saturated carbocycles. The lowest BCUT2D eigenvalue weighted by molar-refractivity contribution is 0.203. The highest BCUT2D eigenvalue weighted by molar-refractivity contribution is 5.73. The molecule has 1 N–H and O–H groups in total. The van der Waals surface area contributed by atoms with Crippen molar-refractivity contribution >= 4 is 6.03 Å². The zero-order chi connectivity index (χ0) is 19.3. The second-order valence-electron chi connectivity index (χ2n) is 8.25. The number of nitrogens with zero attached hydrogens (tertiary/aromatic N) is 4. The van der Waals surface area contributed by atoms with Crippen LogP contribution in [-0.4, -0.2) is 58.3 Å². The van der Waals surface area contributed by atoms with Gasteiger partial charge in [0, 0.05) is 45.1 Å². The molecular formula is C22H31N5O. The number of carbonyl (C=O) groups excluding carboxylic acids is 1. The molecule has 1 aromatic carbocycles. The number of carbonyl (C=O) groups is 1. The Morgan fingerprint density at radius 3 is 2.89 bits per heavy atom. The minimum Gasteiger partial charge on any atom is -0.338 e. The lowest BCUT2D eigenvalue weighted by atomic mass is 10.1. The molecule has 1 atom stereocenters. The molecule has 1 saturated heterocycles. The summed E-state index contributed by atoms with van der Waals surface area (Å²) >= 11 is 0. The zero-order valence-corrected chi connectivity index (χ0v) is 16.8. The van der Waals surface area contributed by atoms with E-state index in [4.69, 9.17) is 0 Å². The van der Waals surface area contributed by atoms with Crippen molar-refractivity contribution in [1.29, 1.82) is 0 Å². The average molecular weight is 382 g/mol. The van der Waals surface area contributed by atoms with Crippen molar-refractivity contribution in [2.45, 2.75) is 44.7 Å². The summed E-state index contributed by atoms with van der Waals surface area (Å²) in [6, 6.07) is 10.9. The SMILES string of the molecule is CN(Cc1cccc(-n2cccn2)c1)C(=O)NCC1CCN(C2CCCC2)C1. The van der Waals surface area contributed by atoms with Crippen molar-refractivity contribution in [3.8, 4) is 5.69 Å². The molecular weight excluding hydrogens is 350 g/mol. The van der Waals surface area contributed by atoms with E-state index in [0.29, 0.717) is 12.5 Å². The summed E-state index contributed by atoms with van der Waals surface area (Å²) in [4.78, 5) is 16.9. The molecule has 1 aromatic heterocycles. The van der Waals surface area contributed by atoms with Crippen LogP contribution in [-0.2, 0) is 6.54 Å². The molecule has 4 rings (SSSR count). The van der Waals surface area contributed by atoms with Crippen LogP contribution in [0.1, 0.15) is 37.7 Å². The number of rotatable bonds is 6. The molecule has 0 spiro atoms. The molecule has 1 unspecified atom stereocenters. The van der Waals surface area contributed by atoms with Crippen LogP contribution in [0.5, 0.6) is 0 Å². The Kier molecular flexibility index (Phi) is 5.95. The molecule has 1 aliphatic carbocycles. The molecule has 2 aliphatic rings. The fourth-order valence-corrected chi connectivity index (χ4v) is 4.56. The van der Waals surface area contributed by atoms with Crippen molar-refractivity contribution in [2.24, 2.45) is 5.92 Å². The summed E-state index contributed by atoms with van der Waals surface area (Å²) in [5.74, 6) is 0.584. The standard InChI is InChI=1S/C22H31N5O/c1-25(16-18-6-4-9-21(14-18)27-12-5-11-24-27)22(28)23-15-19-10-13-26(17-19)20-7-2-3-8-20/h4-6,9,11-12,14,19-20H,2-3,7-8,10,13,15-17H2,1H3,(H,23,28). The number of nitrogens with one attached hydrogen (secondary N) is 1. The van der Waals surface area contributed by atoms with Gasteiger partial charge in [-0.15, -0.1) is 0 Å². The molecule has 2 aromatic rings. The molecule has 2 amide bonds. The topological polar surface area (TPSA) is 53.4 Å². The van der Waals surface area contributed by atoms with Crippen LogP contribution in [0.25, 0.3) is 5.69 Å².